The van der Waals surface area contributed by atoms with Gasteiger partial charge in [-0.3, -0.25) is 4.79 Å². The van der Waals surface area contributed by atoms with Gasteiger partial charge >= 0.3 is 12.1 Å². The van der Waals surface area contributed by atoms with Crippen LogP contribution in [0.4, 0.5) is 13.2 Å². The molecule has 0 aliphatic heterocycles. The summed E-state index contributed by atoms with van der Waals surface area (Å²) in [5, 5.41) is 1.29. The smallest absolute Gasteiger partial charge is 0.432 e. The number of thiazole rings is 1. The number of rotatable bonds is 3. The number of carbonyl (C=O) groups is 1. The second-order valence-electron chi connectivity index (χ2n) is 4.31. The van der Waals surface area contributed by atoms with Crippen LogP contribution in [0.5, 0.6) is 0 Å². The van der Waals surface area contributed by atoms with E-state index in [1.807, 2.05) is 0 Å². The lowest BCUT2D eigenvalue weighted by Gasteiger charge is -2.26. The van der Waals surface area contributed by atoms with E-state index in [1.165, 1.54) is 5.38 Å². The highest BCUT2D eigenvalue weighted by Crippen LogP contribution is 2.39. The lowest BCUT2D eigenvalue weighted by Crippen LogP contribution is -2.31. The molecule has 2 rings (SSSR count). The quantitative estimate of drug-likeness (QED) is 0.796. The van der Waals surface area contributed by atoms with Crippen molar-refractivity contribution in [1.29, 1.82) is 0 Å². The summed E-state index contributed by atoms with van der Waals surface area (Å²) < 4.78 is 43.2. The van der Waals surface area contributed by atoms with E-state index >= 15 is 0 Å². The molecule has 18 heavy (non-hydrogen) atoms. The first-order valence-corrected chi connectivity index (χ1v) is 6.45. The van der Waals surface area contributed by atoms with Crippen molar-refractivity contribution < 1.29 is 22.7 Å². The Morgan fingerprint density at radius 3 is 2.61 bits per heavy atom. The van der Waals surface area contributed by atoms with Crippen LogP contribution in [0.15, 0.2) is 5.38 Å². The molecule has 1 saturated carbocycles. The van der Waals surface area contributed by atoms with Gasteiger partial charge in [-0.05, 0) is 19.8 Å². The molecule has 1 aromatic rings. The van der Waals surface area contributed by atoms with Gasteiger partial charge in [-0.15, -0.1) is 11.3 Å². The number of ether oxygens (including phenoxy) is 1. The molecule has 1 heterocycles. The van der Waals surface area contributed by atoms with Crippen LogP contribution in [0.25, 0.3) is 0 Å². The van der Waals surface area contributed by atoms with E-state index in [1.54, 1.807) is 6.92 Å². The third-order valence-electron chi connectivity index (χ3n) is 2.83. The molecule has 100 valence electrons. The molecule has 0 bridgehead atoms. The number of aromatic nitrogens is 1. The maximum atomic E-state index is 12.9. The number of hydrogen-bond acceptors (Lipinski definition) is 4. The topological polar surface area (TPSA) is 39.2 Å². The fraction of sp³-hybridized carbons (Fsp3) is 0.636. The molecule has 0 aromatic carbocycles. The Labute approximate surface area is 106 Å². The molecule has 0 N–H and O–H groups in total. The lowest BCUT2D eigenvalue weighted by molar-refractivity contribution is -0.227. The normalized spacial score (nSPS) is 18.2. The summed E-state index contributed by atoms with van der Waals surface area (Å²) in [4.78, 5) is 15.3. The molecule has 0 amide bonds. The first kappa shape index (κ1) is 13.3. The monoisotopic (exact) mass is 279 g/mol. The minimum atomic E-state index is -4.62. The highest BCUT2D eigenvalue weighted by Gasteiger charge is 2.47. The van der Waals surface area contributed by atoms with Gasteiger partial charge in [-0.25, -0.2) is 4.98 Å². The van der Waals surface area contributed by atoms with Crippen molar-refractivity contribution in [3.63, 3.8) is 0 Å². The maximum absolute atomic E-state index is 12.9. The summed E-state index contributed by atoms with van der Waals surface area (Å²) in [6.45, 7) is 1.60. The SMILES string of the molecule is Cc1csc(C(OC(=O)C2CCC2)C(F)(F)F)n1. The number of aryl methyl sites for hydroxylation is 1. The molecule has 1 aliphatic carbocycles. The molecular formula is C11H12F3NO2S. The summed E-state index contributed by atoms with van der Waals surface area (Å²) in [7, 11) is 0. The van der Waals surface area contributed by atoms with Gasteiger partial charge in [-0.2, -0.15) is 13.2 Å². The Morgan fingerprint density at radius 1 is 1.56 bits per heavy atom. The maximum Gasteiger partial charge on any atom is 0.432 e. The molecule has 1 atom stereocenters. The Kier molecular flexibility index (Phi) is 3.61. The van der Waals surface area contributed by atoms with Crippen molar-refractivity contribution in [2.24, 2.45) is 5.92 Å². The zero-order chi connectivity index (χ0) is 13.3. The second-order valence-corrected chi connectivity index (χ2v) is 5.20. The summed E-state index contributed by atoms with van der Waals surface area (Å²) in [6, 6.07) is 0. The first-order valence-electron chi connectivity index (χ1n) is 5.57. The van der Waals surface area contributed by atoms with Crippen LogP contribution in [-0.2, 0) is 9.53 Å². The van der Waals surface area contributed by atoms with Crippen LogP contribution in [0.2, 0.25) is 0 Å². The number of alkyl halides is 3. The van der Waals surface area contributed by atoms with Gasteiger partial charge in [0.1, 0.15) is 5.01 Å². The predicted molar refractivity (Wildman–Crippen MR) is 59.1 cm³/mol. The second kappa shape index (κ2) is 4.87. The minimum absolute atomic E-state index is 0.215. The summed E-state index contributed by atoms with van der Waals surface area (Å²) in [6.07, 6.45) is -4.76. The predicted octanol–water partition coefficient (Wildman–Crippen LogP) is 3.40. The minimum Gasteiger partial charge on any atom is -0.445 e. The van der Waals surface area contributed by atoms with Crippen LogP contribution in [-0.4, -0.2) is 17.1 Å². The van der Waals surface area contributed by atoms with Gasteiger partial charge in [0, 0.05) is 11.1 Å². The Bertz CT molecular complexity index is 440. The van der Waals surface area contributed by atoms with Gasteiger partial charge in [0.15, 0.2) is 0 Å². The van der Waals surface area contributed by atoms with Gasteiger partial charge in [-0.1, -0.05) is 6.42 Å². The third kappa shape index (κ3) is 2.82. The number of halogens is 3. The molecule has 1 fully saturated rings. The van der Waals surface area contributed by atoms with E-state index in [9.17, 15) is 18.0 Å². The molecule has 1 unspecified atom stereocenters. The summed E-state index contributed by atoms with van der Waals surface area (Å²) in [5.74, 6) is -1.15. The number of carbonyl (C=O) groups excluding carboxylic acids is 1. The van der Waals surface area contributed by atoms with Gasteiger partial charge in [0.25, 0.3) is 0 Å². The van der Waals surface area contributed by atoms with E-state index in [0.29, 0.717) is 18.5 Å². The van der Waals surface area contributed by atoms with E-state index in [0.717, 1.165) is 17.8 Å². The highest BCUT2D eigenvalue weighted by molar-refractivity contribution is 7.09. The Balaban J connectivity index is 2.13. The van der Waals surface area contributed by atoms with Gasteiger partial charge < -0.3 is 4.74 Å². The molecule has 7 heteroatoms. The summed E-state index contributed by atoms with van der Waals surface area (Å²) >= 11 is 0.856. The number of nitrogens with zero attached hydrogens (tertiary/aromatic N) is 1. The van der Waals surface area contributed by atoms with E-state index in [2.05, 4.69) is 9.72 Å². The van der Waals surface area contributed by atoms with Crippen molar-refractivity contribution in [2.75, 3.05) is 0 Å². The lowest BCUT2D eigenvalue weighted by atomic mass is 9.86. The largest absolute Gasteiger partial charge is 0.445 e. The van der Waals surface area contributed by atoms with E-state index < -0.39 is 18.2 Å². The average molecular weight is 279 g/mol. The zero-order valence-electron chi connectivity index (χ0n) is 9.66. The Morgan fingerprint density at radius 2 is 2.22 bits per heavy atom. The van der Waals surface area contributed by atoms with Crippen molar-refractivity contribution in [2.45, 2.75) is 38.5 Å². The average Bonchev–Trinajstić information content (AvgIpc) is 2.56. The van der Waals surface area contributed by atoms with Crippen molar-refractivity contribution >= 4 is 17.3 Å². The zero-order valence-corrected chi connectivity index (χ0v) is 10.5. The Hall–Kier alpha value is -1.11. The molecule has 0 radical (unpaired) electrons. The highest BCUT2D eigenvalue weighted by atomic mass is 32.1. The molecule has 0 spiro atoms. The van der Waals surface area contributed by atoms with E-state index in [4.69, 9.17) is 0 Å². The molecule has 3 nitrogen and oxygen atoms in total. The van der Waals surface area contributed by atoms with Gasteiger partial charge in [0.2, 0.25) is 6.10 Å². The van der Waals surface area contributed by atoms with Crippen molar-refractivity contribution in [3.05, 3.63) is 16.1 Å². The van der Waals surface area contributed by atoms with Crippen LogP contribution >= 0.6 is 11.3 Å². The van der Waals surface area contributed by atoms with Crippen molar-refractivity contribution in [1.82, 2.24) is 4.98 Å². The first-order chi connectivity index (χ1) is 8.38. The standard InChI is InChI=1S/C11H12F3NO2S/c1-6-5-18-9(15-6)8(11(12,13)14)17-10(16)7-3-2-4-7/h5,7-8H,2-4H2,1H3. The fourth-order valence-corrected chi connectivity index (χ4v) is 2.45. The summed E-state index contributed by atoms with van der Waals surface area (Å²) in [5.41, 5.74) is 0.490. The number of esters is 1. The van der Waals surface area contributed by atoms with E-state index in [-0.39, 0.29) is 10.9 Å². The van der Waals surface area contributed by atoms with Crippen LogP contribution in [0.3, 0.4) is 0 Å². The molecular weight excluding hydrogens is 267 g/mol. The van der Waals surface area contributed by atoms with Crippen molar-refractivity contribution in [3.8, 4) is 0 Å². The van der Waals surface area contributed by atoms with Gasteiger partial charge in [0.05, 0.1) is 5.92 Å². The van der Waals surface area contributed by atoms with Crippen LogP contribution in [0, 0.1) is 12.8 Å². The van der Waals surface area contributed by atoms with Crippen LogP contribution in [0.1, 0.15) is 36.1 Å². The third-order valence-corrected chi connectivity index (χ3v) is 3.84. The van der Waals surface area contributed by atoms with Crippen LogP contribution < -0.4 is 0 Å². The molecule has 0 saturated heterocycles. The molecule has 1 aliphatic rings. The number of hydrogen-bond donors (Lipinski definition) is 0. The fourth-order valence-electron chi connectivity index (χ4n) is 1.61. The molecule has 1 aromatic heterocycles.